The number of methoxy groups -OCH3 is 2. The number of oxime groups is 1. The number of nitrogens with zero attached hydrogens (tertiary/aromatic N) is 1. The summed E-state index contributed by atoms with van der Waals surface area (Å²) in [7, 11) is 2.61. The van der Waals surface area contributed by atoms with E-state index < -0.39 is 11.8 Å². The first-order valence-corrected chi connectivity index (χ1v) is 6.43. The van der Waals surface area contributed by atoms with Gasteiger partial charge in [0.1, 0.15) is 17.1 Å². The van der Waals surface area contributed by atoms with Crippen LogP contribution in [0, 0.1) is 11.7 Å². The molecular formula is C14H14FNO5. The van der Waals surface area contributed by atoms with Crippen LogP contribution in [0.5, 0.6) is 5.75 Å². The van der Waals surface area contributed by atoms with Crippen molar-refractivity contribution in [3.05, 3.63) is 29.1 Å². The molecule has 7 heteroatoms. The van der Waals surface area contributed by atoms with Crippen molar-refractivity contribution >= 4 is 11.7 Å². The van der Waals surface area contributed by atoms with Gasteiger partial charge in [0.15, 0.2) is 6.10 Å². The van der Waals surface area contributed by atoms with Gasteiger partial charge in [-0.25, -0.2) is 9.18 Å². The standard InChI is InChI=1S/C14H14FNO5/c1-18-11-4-10(15)7(3-8(11)14(17)19-2)13-9-5-20-6-12(9)21-16-13/h3-4,9,12H,5-6H2,1-2H3. The molecule has 112 valence electrons. The van der Waals surface area contributed by atoms with E-state index in [1.54, 1.807) is 0 Å². The third kappa shape index (κ3) is 2.23. The van der Waals surface area contributed by atoms with Crippen LogP contribution in [0.1, 0.15) is 15.9 Å². The first-order valence-electron chi connectivity index (χ1n) is 6.43. The van der Waals surface area contributed by atoms with Gasteiger partial charge in [0.2, 0.25) is 0 Å². The lowest BCUT2D eigenvalue weighted by Gasteiger charge is -2.12. The fourth-order valence-corrected chi connectivity index (χ4v) is 2.52. The Labute approximate surface area is 120 Å². The summed E-state index contributed by atoms with van der Waals surface area (Å²) in [5.74, 6) is -1.15. The van der Waals surface area contributed by atoms with Crippen molar-refractivity contribution < 1.29 is 28.2 Å². The van der Waals surface area contributed by atoms with Crippen molar-refractivity contribution in [3.8, 4) is 5.75 Å². The Kier molecular flexibility index (Phi) is 3.50. The summed E-state index contributed by atoms with van der Waals surface area (Å²) in [6.07, 6.45) is -0.192. The highest BCUT2D eigenvalue weighted by atomic mass is 19.1. The average molecular weight is 295 g/mol. The normalized spacial score (nSPS) is 23.3. The van der Waals surface area contributed by atoms with Crippen LogP contribution in [0.4, 0.5) is 4.39 Å². The third-order valence-corrected chi connectivity index (χ3v) is 3.64. The molecule has 1 fully saturated rings. The molecule has 6 nitrogen and oxygen atoms in total. The maximum Gasteiger partial charge on any atom is 0.341 e. The molecule has 0 aromatic heterocycles. The summed E-state index contributed by atoms with van der Waals surface area (Å²) in [6.45, 7) is 0.849. The molecule has 0 bridgehead atoms. The van der Waals surface area contributed by atoms with Crippen molar-refractivity contribution in [1.29, 1.82) is 0 Å². The molecule has 0 N–H and O–H groups in total. The van der Waals surface area contributed by atoms with E-state index in [1.807, 2.05) is 0 Å². The van der Waals surface area contributed by atoms with Crippen molar-refractivity contribution in [2.24, 2.45) is 11.1 Å². The number of hydrogen-bond acceptors (Lipinski definition) is 6. The predicted molar refractivity (Wildman–Crippen MR) is 70.0 cm³/mol. The number of carbonyl (C=O) groups is 1. The van der Waals surface area contributed by atoms with Crippen LogP contribution in [0.15, 0.2) is 17.3 Å². The molecule has 1 aromatic carbocycles. The summed E-state index contributed by atoms with van der Waals surface area (Å²) >= 11 is 0. The Morgan fingerprint density at radius 3 is 2.90 bits per heavy atom. The van der Waals surface area contributed by atoms with Crippen LogP contribution in [0.25, 0.3) is 0 Å². The van der Waals surface area contributed by atoms with Gasteiger partial charge in [-0.2, -0.15) is 0 Å². The largest absolute Gasteiger partial charge is 0.496 e. The maximum atomic E-state index is 14.3. The minimum atomic E-state index is -0.605. The molecule has 2 atom stereocenters. The topological polar surface area (TPSA) is 66.4 Å². The van der Waals surface area contributed by atoms with Gasteiger partial charge in [-0.1, -0.05) is 5.16 Å². The van der Waals surface area contributed by atoms with Gasteiger partial charge in [0, 0.05) is 11.6 Å². The molecule has 2 unspecified atom stereocenters. The van der Waals surface area contributed by atoms with Gasteiger partial charge >= 0.3 is 5.97 Å². The van der Waals surface area contributed by atoms with Crippen molar-refractivity contribution in [1.82, 2.24) is 0 Å². The van der Waals surface area contributed by atoms with E-state index in [2.05, 4.69) is 9.89 Å². The molecule has 0 radical (unpaired) electrons. The number of halogens is 1. The molecule has 1 aromatic rings. The number of carbonyl (C=O) groups excluding carboxylic acids is 1. The smallest absolute Gasteiger partial charge is 0.341 e. The van der Waals surface area contributed by atoms with Crippen LogP contribution < -0.4 is 4.74 Å². The molecule has 2 aliphatic heterocycles. The molecule has 0 aliphatic carbocycles. The molecule has 21 heavy (non-hydrogen) atoms. The Balaban J connectivity index is 2.04. The number of benzene rings is 1. The summed E-state index contributed by atoms with van der Waals surface area (Å²) in [5.41, 5.74) is 0.790. The van der Waals surface area contributed by atoms with Crippen LogP contribution >= 0.6 is 0 Å². The zero-order valence-corrected chi connectivity index (χ0v) is 11.6. The molecule has 0 saturated carbocycles. The highest BCUT2D eigenvalue weighted by molar-refractivity contribution is 6.05. The Bertz CT molecular complexity index is 616. The van der Waals surface area contributed by atoms with Crippen molar-refractivity contribution in [2.75, 3.05) is 27.4 Å². The van der Waals surface area contributed by atoms with E-state index >= 15 is 0 Å². The van der Waals surface area contributed by atoms with Gasteiger partial charge in [0.05, 0.1) is 39.1 Å². The summed E-state index contributed by atoms with van der Waals surface area (Å²) in [5, 5.41) is 3.94. The lowest BCUT2D eigenvalue weighted by molar-refractivity contribution is 0.0558. The van der Waals surface area contributed by atoms with Crippen LogP contribution in [-0.4, -0.2) is 45.2 Å². The summed E-state index contributed by atoms with van der Waals surface area (Å²) in [4.78, 5) is 17.0. The molecule has 0 spiro atoms. The van der Waals surface area contributed by atoms with Crippen LogP contribution in [-0.2, 0) is 14.3 Å². The van der Waals surface area contributed by atoms with E-state index in [4.69, 9.17) is 14.3 Å². The maximum absolute atomic E-state index is 14.3. The lowest BCUT2D eigenvalue weighted by Crippen LogP contribution is -2.23. The second-order valence-electron chi connectivity index (χ2n) is 4.79. The zero-order chi connectivity index (χ0) is 15.0. The van der Waals surface area contributed by atoms with Crippen molar-refractivity contribution in [3.63, 3.8) is 0 Å². The first-order chi connectivity index (χ1) is 10.2. The fraction of sp³-hybridized carbons (Fsp3) is 0.429. The van der Waals surface area contributed by atoms with Gasteiger partial charge in [-0.15, -0.1) is 0 Å². The lowest BCUT2D eigenvalue weighted by atomic mass is 9.93. The van der Waals surface area contributed by atoms with Gasteiger partial charge in [0.25, 0.3) is 0 Å². The zero-order valence-electron chi connectivity index (χ0n) is 11.6. The quantitative estimate of drug-likeness (QED) is 0.788. The SMILES string of the molecule is COC(=O)c1cc(C2=NOC3COCC23)c(F)cc1OC. The van der Waals surface area contributed by atoms with E-state index in [0.29, 0.717) is 18.9 Å². The number of ether oxygens (including phenoxy) is 3. The highest BCUT2D eigenvalue weighted by Gasteiger charge is 2.41. The predicted octanol–water partition coefficient (Wildman–Crippen LogP) is 1.37. The summed E-state index contributed by atoms with van der Waals surface area (Å²) in [6, 6.07) is 2.52. The number of esters is 1. The number of fused-ring (bicyclic) bond motifs is 1. The third-order valence-electron chi connectivity index (χ3n) is 3.64. The Hall–Kier alpha value is -2.15. The van der Waals surface area contributed by atoms with E-state index in [9.17, 15) is 9.18 Å². The first kappa shape index (κ1) is 13.8. The van der Waals surface area contributed by atoms with Crippen LogP contribution in [0.2, 0.25) is 0 Å². The second-order valence-corrected chi connectivity index (χ2v) is 4.79. The second kappa shape index (κ2) is 5.33. The molecule has 3 rings (SSSR count). The molecule has 2 aliphatic rings. The Morgan fingerprint density at radius 1 is 1.38 bits per heavy atom. The number of hydrogen-bond donors (Lipinski definition) is 0. The highest BCUT2D eigenvalue weighted by Crippen LogP contribution is 2.32. The molecule has 0 amide bonds. The Morgan fingerprint density at radius 2 is 2.19 bits per heavy atom. The fourth-order valence-electron chi connectivity index (χ4n) is 2.52. The van der Waals surface area contributed by atoms with Crippen LogP contribution in [0.3, 0.4) is 0 Å². The molecule has 1 saturated heterocycles. The molecular weight excluding hydrogens is 281 g/mol. The number of rotatable bonds is 3. The van der Waals surface area contributed by atoms with E-state index in [0.717, 1.165) is 6.07 Å². The monoisotopic (exact) mass is 295 g/mol. The summed E-state index contributed by atoms with van der Waals surface area (Å²) < 4.78 is 29.3. The van der Waals surface area contributed by atoms with E-state index in [1.165, 1.54) is 20.3 Å². The van der Waals surface area contributed by atoms with E-state index in [-0.39, 0.29) is 28.9 Å². The average Bonchev–Trinajstić information content (AvgIpc) is 3.09. The minimum Gasteiger partial charge on any atom is -0.496 e. The van der Waals surface area contributed by atoms with Crippen molar-refractivity contribution in [2.45, 2.75) is 6.10 Å². The minimum absolute atomic E-state index is 0.113. The van der Waals surface area contributed by atoms with Gasteiger partial charge < -0.3 is 19.0 Å². The van der Waals surface area contributed by atoms with Gasteiger partial charge in [-0.05, 0) is 6.07 Å². The molecule has 2 heterocycles. The van der Waals surface area contributed by atoms with Gasteiger partial charge in [-0.3, -0.25) is 0 Å².